The smallest absolute Gasteiger partial charge is 0.306 e. The number of halogens is 1. The van der Waals surface area contributed by atoms with Crippen LogP contribution >= 0.6 is 23.4 Å². The van der Waals surface area contributed by atoms with E-state index in [9.17, 15) is 18.3 Å². The SMILES string of the molecule is CC(C)c1cc(S(C)(=O)=O)cc2c1c(Sc1ccc(Cl)cc1)c1n2CCC1C(C)C(=O)O. The fourth-order valence-corrected chi connectivity index (χ4v) is 6.52. The van der Waals surface area contributed by atoms with E-state index >= 15 is 0 Å². The number of sulfone groups is 1. The standard InChI is InChI=1S/C24H26ClNO4S2/c1-13(2)19-11-17(32(4,29)30)12-20-21(19)23(31-16-7-5-15(25)6-8-16)22-18(9-10-26(20)22)14(3)24(27)28/h5-8,11-14,18H,9-10H2,1-4H3,(H,27,28). The molecular weight excluding hydrogens is 466 g/mol. The van der Waals surface area contributed by atoms with Gasteiger partial charge in [-0.1, -0.05) is 44.1 Å². The summed E-state index contributed by atoms with van der Waals surface area (Å²) in [6, 6.07) is 11.1. The van der Waals surface area contributed by atoms with Crippen LogP contribution in [0.5, 0.6) is 0 Å². The highest BCUT2D eigenvalue weighted by atomic mass is 35.5. The maximum atomic E-state index is 12.4. The predicted molar refractivity (Wildman–Crippen MR) is 129 cm³/mol. The molecule has 1 aliphatic heterocycles. The van der Waals surface area contributed by atoms with E-state index in [-0.39, 0.29) is 11.8 Å². The van der Waals surface area contributed by atoms with Crippen LogP contribution in [0.4, 0.5) is 0 Å². The Morgan fingerprint density at radius 3 is 2.41 bits per heavy atom. The first-order chi connectivity index (χ1) is 15.0. The third-order valence-corrected chi connectivity index (χ3v) is 8.72. The summed E-state index contributed by atoms with van der Waals surface area (Å²) in [5.74, 6) is -1.40. The fourth-order valence-electron chi connectivity index (χ4n) is 4.53. The molecule has 0 bridgehead atoms. The molecule has 0 fully saturated rings. The number of aryl methyl sites for hydroxylation is 1. The Balaban J connectivity index is 2.05. The second kappa shape index (κ2) is 8.43. The number of hydrogen-bond donors (Lipinski definition) is 1. The van der Waals surface area contributed by atoms with Crippen molar-refractivity contribution in [3.63, 3.8) is 0 Å². The van der Waals surface area contributed by atoms with Gasteiger partial charge in [-0.2, -0.15) is 0 Å². The van der Waals surface area contributed by atoms with Crippen LogP contribution in [0.1, 0.15) is 50.3 Å². The van der Waals surface area contributed by atoms with Gasteiger partial charge in [0.2, 0.25) is 0 Å². The number of hydrogen-bond acceptors (Lipinski definition) is 4. The minimum Gasteiger partial charge on any atom is -0.481 e. The molecule has 3 aromatic rings. The van der Waals surface area contributed by atoms with E-state index in [1.807, 2.05) is 24.3 Å². The zero-order chi connectivity index (χ0) is 23.4. The van der Waals surface area contributed by atoms with Gasteiger partial charge in [-0.05, 0) is 54.3 Å². The van der Waals surface area contributed by atoms with Crippen molar-refractivity contribution < 1.29 is 18.3 Å². The zero-order valence-corrected chi connectivity index (χ0v) is 20.8. The maximum absolute atomic E-state index is 12.4. The monoisotopic (exact) mass is 491 g/mol. The van der Waals surface area contributed by atoms with Crippen molar-refractivity contribution in [2.24, 2.45) is 5.92 Å². The Kier molecular flexibility index (Phi) is 6.11. The number of benzene rings is 2. The first-order valence-corrected chi connectivity index (χ1v) is 13.6. The third-order valence-electron chi connectivity index (χ3n) is 6.25. The molecule has 0 radical (unpaired) electrons. The van der Waals surface area contributed by atoms with Gasteiger partial charge in [0.1, 0.15) is 0 Å². The predicted octanol–water partition coefficient (Wildman–Crippen LogP) is 6.18. The number of rotatable bonds is 6. The molecule has 32 heavy (non-hydrogen) atoms. The molecule has 8 heteroatoms. The molecule has 2 unspecified atom stereocenters. The Hall–Kier alpha value is -1.96. The van der Waals surface area contributed by atoms with Crippen LogP contribution in [0, 0.1) is 5.92 Å². The summed E-state index contributed by atoms with van der Waals surface area (Å²) < 4.78 is 27.0. The minimum absolute atomic E-state index is 0.0993. The summed E-state index contributed by atoms with van der Waals surface area (Å²) in [6.45, 7) is 6.53. The molecule has 0 saturated carbocycles. The largest absolute Gasteiger partial charge is 0.481 e. The van der Waals surface area contributed by atoms with Crippen LogP contribution < -0.4 is 0 Å². The van der Waals surface area contributed by atoms with Gasteiger partial charge >= 0.3 is 5.97 Å². The van der Waals surface area contributed by atoms with E-state index < -0.39 is 21.7 Å². The van der Waals surface area contributed by atoms with Gasteiger partial charge in [0.25, 0.3) is 0 Å². The molecule has 0 amide bonds. The van der Waals surface area contributed by atoms with Crippen molar-refractivity contribution in [2.75, 3.05) is 6.26 Å². The average molecular weight is 492 g/mol. The van der Waals surface area contributed by atoms with Gasteiger partial charge in [0.15, 0.2) is 9.84 Å². The third kappa shape index (κ3) is 4.06. The maximum Gasteiger partial charge on any atom is 0.306 e. The molecule has 1 aliphatic rings. The lowest BCUT2D eigenvalue weighted by atomic mass is 9.89. The van der Waals surface area contributed by atoms with Crippen molar-refractivity contribution >= 4 is 50.1 Å². The molecule has 4 rings (SSSR count). The molecule has 0 saturated heterocycles. The molecule has 5 nitrogen and oxygen atoms in total. The number of carbonyl (C=O) groups is 1. The van der Waals surface area contributed by atoms with E-state index in [1.165, 1.54) is 6.26 Å². The highest BCUT2D eigenvalue weighted by Crippen LogP contribution is 2.50. The van der Waals surface area contributed by atoms with Gasteiger partial charge < -0.3 is 9.67 Å². The van der Waals surface area contributed by atoms with Gasteiger partial charge in [0.05, 0.1) is 16.3 Å². The lowest BCUT2D eigenvalue weighted by Crippen LogP contribution is -2.17. The Bertz CT molecular complexity index is 1310. The highest BCUT2D eigenvalue weighted by Gasteiger charge is 2.37. The number of carboxylic acid groups (broad SMARTS) is 1. The molecule has 0 spiro atoms. The van der Waals surface area contributed by atoms with E-state index in [2.05, 4.69) is 18.4 Å². The van der Waals surface area contributed by atoms with Crippen molar-refractivity contribution in [3.8, 4) is 0 Å². The summed E-state index contributed by atoms with van der Waals surface area (Å²) >= 11 is 7.67. The second-order valence-electron chi connectivity index (χ2n) is 8.78. The Labute approximate surface area is 197 Å². The average Bonchev–Trinajstić information content (AvgIpc) is 3.27. The van der Waals surface area contributed by atoms with Crippen LogP contribution in [0.2, 0.25) is 5.02 Å². The van der Waals surface area contributed by atoms with Crippen LogP contribution in [-0.4, -0.2) is 30.3 Å². The summed E-state index contributed by atoms with van der Waals surface area (Å²) in [5.41, 5.74) is 2.81. The van der Waals surface area contributed by atoms with Crippen LogP contribution in [-0.2, 0) is 21.2 Å². The highest BCUT2D eigenvalue weighted by molar-refractivity contribution is 7.99. The lowest BCUT2D eigenvalue weighted by molar-refractivity contribution is -0.141. The Morgan fingerprint density at radius 1 is 1.19 bits per heavy atom. The molecular formula is C24H26ClNO4S2. The van der Waals surface area contributed by atoms with Crippen LogP contribution in [0.3, 0.4) is 0 Å². The van der Waals surface area contributed by atoms with E-state index in [1.54, 1.807) is 30.8 Å². The normalized spacial score (nSPS) is 17.1. The van der Waals surface area contributed by atoms with E-state index in [0.717, 1.165) is 32.0 Å². The van der Waals surface area contributed by atoms with Gasteiger partial charge in [-0.3, -0.25) is 4.79 Å². The van der Waals surface area contributed by atoms with Crippen molar-refractivity contribution in [1.29, 1.82) is 0 Å². The lowest BCUT2D eigenvalue weighted by Gasteiger charge is -2.17. The molecule has 1 N–H and O–H groups in total. The fraction of sp³-hybridized carbons (Fsp3) is 0.375. The van der Waals surface area contributed by atoms with Crippen LogP contribution in [0.15, 0.2) is 51.1 Å². The van der Waals surface area contributed by atoms with Gasteiger partial charge in [-0.15, -0.1) is 0 Å². The zero-order valence-electron chi connectivity index (χ0n) is 18.4. The summed E-state index contributed by atoms with van der Waals surface area (Å²) in [5, 5.41) is 11.4. The summed E-state index contributed by atoms with van der Waals surface area (Å²) in [7, 11) is -3.39. The first kappa shape index (κ1) is 23.2. The quantitative estimate of drug-likeness (QED) is 0.445. The minimum atomic E-state index is -3.39. The number of fused-ring (bicyclic) bond motifs is 3. The summed E-state index contributed by atoms with van der Waals surface area (Å²) in [4.78, 5) is 14.2. The van der Waals surface area contributed by atoms with E-state index in [0.29, 0.717) is 22.9 Å². The molecule has 2 atom stereocenters. The number of nitrogens with zero attached hydrogens (tertiary/aromatic N) is 1. The molecule has 2 aromatic carbocycles. The topological polar surface area (TPSA) is 76.4 Å². The second-order valence-corrected chi connectivity index (χ2v) is 12.3. The number of aromatic nitrogens is 1. The molecule has 1 aromatic heterocycles. The van der Waals surface area contributed by atoms with Gasteiger partial charge in [0, 0.05) is 44.6 Å². The van der Waals surface area contributed by atoms with Crippen LogP contribution in [0.25, 0.3) is 10.9 Å². The van der Waals surface area contributed by atoms with Crippen molar-refractivity contribution in [2.45, 2.75) is 60.3 Å². The first-order valence-electron chi connectivity index (χ1n) is 10.5. The molecule has 0 aliphatic carbocycles. The van der Waals surface area contributed by atoms with Crippen molar-refractivity contribution in [1.82, 2.24) is 4.57 Å². The van der Waals surface area contributed by atoms with Crippen molar-refractivity contribution in [3.05, 3.63) is 52.7 Å². The Morgan fingerprint density at radius 2 is 1.84 bits per heavy atom. The number of aliphatic carboxylic acids is 1. The molecule has 2 heterocycles. The van der Waals surface area contributed by atoms with Gasteiger partial charge in [-0.25, -0.2) is 8.42 Å². The van der Waals surface area contributed by atoms with E-state index in [4.69, 9.17) is 11.6 Å². The summed E-state index contributed by atoms with van der Waals surface area (Å²) in [6.07, 6.45) is 1.94. The number of carboxylic acids is 1. The molecule has 170 valence electrons.